The minimum absolute atomic E-state index is 0.280. The zero-order valence-electron chi connectivity index (χ0n) is 21.4. The van der Waals surface area contributed by atoms with E-state index >= 15 is 0 Å². The highest BCUT2D eigenvalue weighted by atomic mass is 35.5. The van der Waals surface area contributed by atoms with Gasteiger partial charge in [-0.1, -0.05) is 40.9 Å². The van der Waals surface area contributed by atoms with E-state index in [2.05, 4.69) is 51.0 Å². The summed E-state index contributed by atoms with van der Waals surface area (Å²) in [6, 6.07) is 11.7. The predicted molar refractivity (Wildman–Crippen MR) is 158 cm³/mol. The average Bonchev–Trinajstić information content (AvgIpc) is 3.39. The molecule has 4 heterocycles. The van der Waals surface area contributed by atoms with E-state index in [0.29, 0.717) is 50.0 Å². The van der Waals surface area contributed by atoms with Crippen molar-refractivity contribution in [1.29, 1.82) is 0 Å². The number of anilines is 3. The zero-order chi connectivity index (χ0) is 27.4. The van der Waals surface area contributed by atoms with Crippen molar-refractivity contribution in [3.63, 3.8) is 0 Å². The molecule has 2 atom stereocenters. The number of fused-ring (bicyclic) bond motifs is 3. The molecule has 1 N–H and O–H groups in total. The number of hydrogen-bond donors (Lipinski definition) is 1. The molecular formula is C27H25Cl3N8O. The van der Waals surface area contributed by atoms with Crippen molar-refractivity contribution < 1.29 is 0 Å². The molecule has 9 nitrogen and oxygen atoms in total. The number of para-hydroxylation sites is 1. The second-order valence-electron chi connectivity index (χ2n) is 9.80. The summed E-state index contributed by atoms with van der Waals surface area (Å²) in [7, 11) is 2.16. The monoisotopic (exact) mass is 582 g/mol. The first-order valence-corrected chi connectivity index (χ1v) is 13.6. The van der Waals surface area contributed by atoms with Gasteiger partial charge in [-0.2, -0.15) is 0 Å². The third-order valence-electron chi connectivity index (χ3n) is 7.31. The van der Waals surface area contributed by atoms with Crippen LogP contribution in [0.2, 0.25) is 15.1 Å². The van der Waals surface area contributed by atoms with Crippen LogP contribution in [-0.4, -0.2) is 61.3 Å². The molecule has 3 aromatic heterocycles. The molecule has 12 heteroatoms. The Bertz CT molecular complexity index is 1750. The maximum atomic E-state index is 13.6. The van der Waals surface area contributed by atoms with Crippen molar-refractivity contribution in [1.82, 2.24) is 29.0 Å². The Hall–Kier alpha value is -3.37. The highest BCUT2D eigenvalue weighted by Gasteiger charge is 2.27. The number of piperazine rings is 1. The number of likely N-dealkylation sites (N-methyl/N-ethyl adjacent to an activating group) is 1. The van der Waals surface area contributed by atoms with Crippen LogP contribution in [0.1, 0.15) is 13.8 Å². The van der Waals surface area contributed by atoms with Crippen LogP contribution >= 0.6 is 34.8 Å². The Morgan fingerprint density at radius 1 is 0.974 bits per heavy atom. The maximum Gasteiger partial charge on any atom is 0.281 e. The molecule has 5 aromatic rings. The fraction of sp³-hybridized carbons (Fsp3) is 0.259. The van der Waals surface area contributed by atoms with Gasteiger partial charge in [0.15, 0.2) is 5.65 Å². The summed E-state index contributed by atoms with van der Waals surface area (Å²) < 4.78 is 2.96. The van der Waals surface area contributed by atoms with Gasteiger partial charge in [-0.25, -0.2) is 24.1 Å². The normalized spacial score (nSPS) is 18.3. The van der Waals surface area contributed by atoms with Gasteiger partial charge in [0.1, 0.15) is 11.2 Å². The molecule has 0 aliphatic carbocycles. The molecule has 1 aliphatic rings. The summed E-state index contributed by atoms with van der Waals surface area (Å²) in [5.74, 6) is 0.311. The number of rotatable bonds is 4. The number of nitrogens with one attached hydrogen (secondary N) is 1. The van der Waals surface area contributed by atoms with Gasteiger partial charge in [0.25, 0.3) is 5.56 Å². The highest BCUT2D eigenvalue weighted by molar-refractivity contribution is 6.37. The van der Waals surface area contributed by atoms with E-state index in [0.717, 1.165) is 24.5 Å². The van der Waals surface area contributed by atoms with Crippen LogP contribution in [0.5, 0.6) is 0 Å². The van der Waals surface area contributed by atoms with E-state index < -0.39 is 0 Å². The number of hydrogen-bond acceptors (Lipinski definition) is 7. The van der Waals surface area contributed by atoms with E-state index in [1.54, 1.807) is 35.1 Å². The molecule has 1 aliphatic heterocycles. The molecule has 6 rings (SSSR count). The summed E-state index contributed by atoms with van der Waals surface area (Å²) in [5, 5.41) is 4.79. The van der Waals surface area contributed by atoms with Crippen LogP contribution in [-0.2, 0) is 0 Å². The molecule has 0 bridgehead atoms. The van der Waals surface area contributed by atoms with Crippen molar-refractivity contribution in [3.8, 4) is 5.69 Å². The summed E-state index contributed by atoms with van der Waals surface area (Å²) in [6.45, 7) is 6.24. The molecule has 1 fully saturated rings. The summed E-state index contributed by atoms with van der Waals surface area (Å²) in [6.07, 6.45) is 4.72. The lowest BCUT2D eigenvalue weighted by atomic mass is 10.1. The first-order valence-electron chi connectivity index (χ1n) is 12.5. The van der Waals surface area contributed by atoms with E-state index in [4.69, 9.17) is 34.8 Å². The Kier molecular flexibility index (Phi) is 6.63. The molecular weight excluding hydrogens is 559 g/mol. The van der Waals surface area contributed by atoms with Crippen LogP contribution < -0.4 is 15.8 Å². The fourth-order valence-corrected chi connectivity index (χ4v) is 5.94. The van der Waals surface area contributed by atoms with Gasteiger partial charge in [-0.05, 0) is 51.2 Å². The van der Waals surface area contributed by atoms with E-state index in [9.17, 15) is 4.79 Å². The number of imidazole rings is 1. The maximum absolute atomic E-state index is 13.6. The number of nitrogens with zero attached hydrogens (tertiary/aromatic N) is 7. The molecule has 0 saturated carbocycles. The Labute approximate surface area is 239 Å². The van der Waals surface area contributed by atoms with Crippen LogP contribution in [0.3, 0.4) is 0 Å². The molecule has 0 radical (unpaired) electrons. The second kappa shape index (κ2) is 9.98. The molecule has 0 unspecified atom stereocenters. The lowest BCUT2D eigenvalue weighted by molar-refractivity contribution is 0.170. The van der Waals surface area contributed by atoms with Gasteiger partial charge in [0.05, 0.1) is 26.1 Å². The van der Waals surface area contributed by atoms with Crippen molar-refractivity contribution >= 4 is 68.7 Å². The molecule has 2 aromatic carbocycles. The van der Waals surface area contributed by atoms with Gasteiger partial charge in [-0.15, -0.1) is 0 Å². The van der Waals surface area contributed by atoms with Crippen molar-refractivity contribution in [2.45, 2.75) is 25.9 Å². The first kappa shape index (κ1) is 25.9. The Balaban J connectivity index is 1.36. The smallest absolute Gasteiger partial charge is 0.281 e. The summed E-state index contributed by atoms with van der Waals surface area (Å²) in [4.78, 5) is 31.8. The number of aromatic nitrogens is 5. The summed E-state index contributed by atoms with van der Waals surface area (Å²) in [5.41, 5.74) is 2.56. The molecule has 0 amide bonds. The SMILES string of the molecule is C[C@@H]1CN(c2ccc(Nc3ncc4c(=O)n(-c5c(Cl)cccc5Cl)n5ccnc5c4n3)cc2Cl)C[C@H](C)N1C. The lowest BCUT2D eigenvalue weighted by Crippen LogP contribution is -2.55. The average molecular weight is 584 g/mol. The minimum Gasteiger partial charge on any atom is -0.367 e. The Morgan fingerprint density at radius 3 is 2.38 bits per heavy atom. The predicted octanol–water partition coefficient (Wildman–Crippen LogP) is 5.66. The van der Waals surface area contributed by atoms with Crippen molar-refractivity contribution in [3.05, 3.63) is 80.4 Å². The van der Waals surface area contributed by atoms with Gasteiger partial charge in [0, 0.05) is 49.5 Å². The number of benzene rings is 2. The van der Waals surface area contributed by atoms with E-state index in [1.165, 1.54) is 10.9 Å². The second-order valence-corrected chi connectivity index (χ2v) is 11.0. The lowest BCUT2D eigenvalue weighted by Gasteiger charge is -2.43. The minimum atomic E-state index is -0.375. The van der Waals surface area contributed by atoms with Crippen LogP contribution in [0, 0.1) is 0 Å². The quantitative estimate of drug-likeness (QED) is 0.292. The fourth-order valence-electron chi connectivity index (χ4n) is 5.08. The Morgan fingerprint density at radius 2 is 1.69 bits per heavy atom. The largest absolute Gasteiger partial charge is 0.367 e. The van der Waals surface area contributed by atoms with E-state index in [1.807, 2.05) is 18.2 Å². The topological polar surface area (TPSA) is 83.6 Å². The zero-order valence-corrected chi connectivity index (χ0v) is 23.7. The standard InChI is InChI=1S/C27H25Cl3N8O/c1-15-13-36(14-16(2)35(15)3)22-8-7-17(11-21(22)30)33-27-32-12-18-23(34-27)25-31-9-10-37(25)38(26(18)39)24-19(28)5-4-6-20(24)29/h4-12,15-16H,13-14H2,1-3H3,(H,32,33,34)/t15-,16+. The van der Waals surface area contributed by atoms with Crippen molar-refractivity contribution in [2.75, 3.05) is 30.4 Å². The third-order valence-corrected chi connectivity index (χ3v) is 8.23. The van der Waals surface area contributed by atoms with E-state index in [-0.39, 0.29) is 10.9 Å². The van der Waals surface area contributed by atoms with Gasteiger partial charge in [-0.3, -0.25) is 9.69 Å². The first-order chi connectivity index (χ1) is 18.7. The van der Waals surface area contributed by atoms with Crippen LogP contribution in [0.4, 0.5) is 17.3 Å². The van der Waals surface area contributed by atoms with Gasteiger partial charge < -0.3 is 10.2 Å². The van der Waals surface area contributed by atoms with Crippen molar-refractivity contribution in [2.24, 2.45) is 0 Å². The molecule has 39 heavy (non-hydrogen) atoms. The molecule has 1 saturated heterocycles. The van der Waals surface area contributed by atoms with Gasteiger partial charge >= 0.3 is 0 Å². The van der Waals surface area contributed by atoms with Gasteiger partial charge in [0.2, 0.25) is 5.95 Å². The third kappa shape index (κ3) is 4.49. The molecule has 0 spiro atoms. The van der Waals surface area contributed by atoms with Crippen LogP contribution in [0.15, 0.2) is 59.8 Å². The highest BCUT2D eigenvalue weighted by Crippen LogP contribution is 2.33. The summed E-state index contributed by atoms with van der Waals surface area (Å²) >= 11 is 19.6. The molecule has 200 valence electrons. The number of halogens is 3. The van der Waals surface area contributed by atoms with Crippen LogP contribution in [0.25, 0.3) is 22.2 Å².